The highest BCUT2D eigenvalue weighted by atomic mass is 79.9. The van der Waals surface area contributed by atoms with Crippen LogP contribution in [0.1, 0.15) is 18.9 Å². The van der Waals surface area contributed by atoms with E-state index in [1.54, 1.807) is 14.0 Å². The normalized spacial score (nSPS) is 12.0. The standard InChI is InChI=1S/C14H21BrN2O3/c1-10(14(18)17-7-4-8-19-2)20-13-11(9-16)5-3-6-12(13)15/h3,5-6,10H,4,7-9,16H2,1-2H3,(H,17,18). The van der Waals surface area contributed by atoms with Crippen LogP contribution in [0.5, 0.6) is 5.75 Å². The molecule has 5 nitrogen and oxygen atoms in total. The number of nitrogens with one attached hydrogen (secondary N) is 1. The molecule has 3 N–H and O–H groups in total. The predicted molar refractivity (Wildman–Crippen MR) is 81.6 cm³/mol. The van der Waals surface area contributed by atoms with Crippen molar-refractivity contribution in [1.29, 1.82) is 0 Å². The zero-order chi connectivity index (χ0) is 15.0. The summed E-state index contributed by atoms with van der Waals surface area (Å²) in [6.07, 6.45) is 0.194. The molecule has 0 aliphatic heterocycles. The van der Waals surface area contributed by atoms with Gasteiger partial charge in [0.2, 0.25) is 0 Å². The summed E-state index contributed by atoms with van der Waals surface area (Å²) < 4.78 is 11.4. The molecule has 0 saturated heterocycles. The Bertz CT molecular complexity index is 440. The van der Waals surface area contributed by atoms with Crippen LogP contribution in [0.3, 0.4) is 0 Å². The van der Waals surface area contributed by atoms with E-state index in [2.05, 4.69) is 21.2 Å². The first kappa shape index (κ1) is 16.9. The maximum absolute atomic E-state index is 11.9. The van der Waals surface area contributed by atoms with Crippen LogP contribution in [-0.4, -0.2) is 32.3 Å². The van der Waals surface area contributed by atoms with Crippen molar-refractivity contribution in [3.63, 3.8) is 0 Å². The lowest BCUT2D eigenvalue weighted by Crippen LogP contribution is -2.37. The fraction of sp³-hybridized carbons (Fsp3) is 0.500. The number of methoxy groups -OCH3 is 1. The molecule has 0 fully saturated rings. The van der Waals surface area contributed by atoms with Crippen LogP contribution < -0.4 is 15.8 Å². The summed E-state index contributed by atoms with van der Waals surface area (Å²) >= 11 is 3.41. The van der Waals surface area contributed by atoms with Crippen LogP contribution in [0.25, 0.3) is 0 Å². The van der Waals surface area contributed by atoms with Gasteiger partial charge >= 0.3 is 0 Å². The molecule has 0 spiro atoms. The number of rotatable bonds is 8. The van der Waals surface area contributed by atoms with Gasteiger partial charge < -0.3 is 20.5 Å². The minimum Gasteiger partial charge on any atom is -0.479 e. The maximum atomic E-state index is 11.9. The van der Waals surface area contributed by atoms with Crippen LogP contribution in [0, 0.1) is 0 Å². The molecule has 0 aliphatic rings. The fourth-order valence-electron chi connectivity index (χ4n) is 1.65. The highest BCUT2D eigenvalue weighted by molar-refractivity contribution is 9.10. The number of hydrogen-bond acceptors (Lipinski definition) is 4. The number of ether oxygens (including phenoxy) is 2. The minimum absolute atomic E-state index is 0.153. The van der Waals surface area contributed by atoms with Crippen LogP contribution in [0.4, 0.5) is 0 Å². The average Bonchev–Trinajstić information content (AvgIpc) is 2.45. The van der Waals surface area contributed by atoms with Gasteiger partial charge in [0, 0.05) is 32.4 Å². The second-order valence-corrected chi connectivity index (χ2v) is 5.18. The first-order valence-electron chi connectivity index (χ1n) is 6.51. The first-order valence-corrected chi connectivity index (χ1v) is 7.30. The lowest BCUT2D eigenvalue weighted by atomic mass is 10.2. The maximum Gasteiger partial charge on any atom is 0.260 e. The van der Waals surface area contributed by atoms with E-state index in [0.29, 0.717) is 25.4 Å². The molecule has 1 aromatic rings. The Morgan fingerprint density at radius 1 is 1.50 bits per heavy atom. The summed E-state index contributed by atoms with van der Waals surface area (Å²) in [5.41, 5.74) is 6.53. The molecular formula is C14H21BrN2O3. The molecule has 1 atom stereocenters. The number of hydrogen-bond donors (Lipinski definition) is 2. The number of benzene rings is 1. The van der Waals surface area contributed by atoms with E-state index in [4.69, 9.17) is 15.2 Å². The van der Waals surface area contributed by atoms with E-state index in [1.165, 1.54) is 0 Å². The van der Waals surface area contributed by atoms with Crippen molar-refractivity contribution in [3.8, 4) is 5.75 Å². The number of amides is 1. The largest absolute Gasteiger partial charge is 0.479 e. The number of para-hydroxylation sites is 1. The van der Waals surface area contributed by atoms with Crippen molar-refractivity contribution in [2.24, 2.45) is 5.73 Å². The van der Waals surface area contributed by atoms with Gasteiger partial charge in [0.15, 0.2) is 6.10 Å². The molecule has 1 aromatic carbocycles. The van der Waals surface area contributed by atoms with Crippen LogP contribution in [0.2, 0.25) is 0 Å². The predicted octanol–water partition coefficient (Wildman–Crippen LogP) is 1.83. The molecule has 0 bridgehead atoms. The summed E-state index contributed by atoms with van der Waals surface area (Å²) in [7, 11) is 1.63. The summed E-state index contributed by atoms with van der Waals surface area (Å²) in [4.78, 5) is 11.9. The Balaban J connectivity index is 2.57. The highest BCUT2D eigenvalue weighted by Gasteiger charge is 2.17. The van der Waals surface area contributed by atoms with Crippen molar-refractivity contribution in [1.82, 2.24) is 5.32 Å². The van der Waals surface area contributed by atoms with Crippen molar-refractivity contribution >= 4 is 21.8 Å². The number of nitrogens with two attached hydrogens (primary N) is 1. The molecular weight excluding hydrogens is 324 g/mol. The Labute approximate surface area is 127 Å². The Kier molecular flexibility index (Phi) is 7.58. The van der Waals surface area contributed by atoms with Crippen molar-refractivity contribution in [3.05, 3.63) is 28.2 Å². The van der Waals surface area contributed by atoms with Crippen LogP contribution in [0.15, 0.2) is 22.7 Å². The van der Waals surface area contributed by atoms with Gasteiger partial charge in [-0.3, -0.25) is 4.79 Å². The monoisotopic (exact) mass is 344 g/mol. The molecule has 0 saturated carbocycles. The number of carbonyl (C=O) groups excluding carboxylic acids is 1. The zero-order valence-electron chi connectivity index (χ0n) is 11.8. The van der Waals surface area contributed by atoms with Gasteiger partial charge in [-0.25, -0.2) is 0 Å². The van der Waals surface area contributed by atoms with Crippen LogP contribution in [-0.2, 0) is 16.1 Å². The van der Waals surface area contributed by atoms with E-state index in [0.717, 1.165) is 16.5 Å². The smallest absolute Gasteiger partial charge is 0.260 e. The second kappa shape index (κ2) is 8.94. The minimum atomic E-state index is -0.582. The third-order valence-electron chi connectivity index (χ3n) is 2.76. The van der Waals surface area contributed by atoms with E-state index in [-0.39, 0.29) is 5.91 Å². The van der Waals surface area contributed by atoms with Crippen LogP contribution >= 0.6 is 15.9 Å². The third kappa shape index (κ3) is 5.11. The first-order chi connectivity index (χ1) is 9.60. The molecule has 6 heteroatoms. The van der Waals surface area contributed by atoms with Crippen molar-refractivity contribution in [2.45, 2.75) is 26.0 Å². The lowest BCUT2D eigenvalue weighted by Gasteiger charge is -2.18. The molecule has 1 amide bonds. The Hall–Kier alpha value is -1.11. The fourth-order valence-corrected chi connectivity index (χ4v) is 2.15. The van der Waals surface area contributed by atoms with Gasteiger partial charge in [-0.2, -0.15) is 0 Å². The average molecular weight is 345 g/mol. The number of carbonyl (C=O) groups is 1. The van der Waals surface area contributed by atoms with Gasteiger partial charge in [-0.15, -0.1) is 0 Å². The summed E-state index contributed by atoms with van der Waals surface area (Å²) in [6, 6.07) is 5.62. The van der Waals surface area contributed by atoms with Gasteiger partial charge in [0.1, 0.15) is 5.75 Å². The zero-order valence-corrected chi connectivity index (χ0v) is 13.4. The Morgan fingerprint density at radius 2 is 2.25 bits per heavy atom. The molecule has 0 aliphatic carbocycles. The molecule has 0 heterocycles. The molecule has 112 valence electrons. The quantitative estimate of drug-likeness (QED) is 0.705. The van der Waals surface area contributed by atoms with Crippen molar-refractivity contribution in [2.75, 3.05) is 20.3 Å². The van der Waals surface area contributed by atoms with Gasteiger partial charge in [0.05, 0.1) is 4.47 Å². The lowest BCUT2D eigenvalue weighted by molar-refractivity contribution is -0.127. The third-order valence-corrected chi connectivity index (χ3v) is 3.38. The van der Waals surface area contributed by atoms with E-state index in [1.807, 2.05) is 18.2 Å². The molecule has 20 heavy (non-hydrogen) atoms. The molecule has 0 aromatic heterocycles. The molecule has 1 unspecified atom stereocenters. The summed E-state index contributed by atoms with van der Waals surface area (Å²) in [6.45, 7) is 3.26. The van der Waals surface area contributed by atoms with E-state index in [9.17, 15) is 4.79 Å². The molecule has 0 radical (unpaired) electrons. The number of halogens is 1. The summed E-state index contributed by atoms with van der Waals surface area (Å²) in [5.74, 6) is 0.467. The second-order valence-electron chi connectivity index (χ2n) is 4.33. The van der Waals surface area contributed by atoms with Gasteiger partial charge in [-0.1, -0.05) is 12.1 Å². The molecule has 1 rings (SSSR count). The van der Waals surface area contributed by atoms with Gasteiger partial charge in [0.25, 0.3) is 5.91 Å². The van der Waals surface area contributed by atoms with Gasteiger partial charge in [-0.05, 0) is 35.3 Å². The SMILES string of the molecule is COCCCNC(=O)C(C)Oc1c(Br)cccc1CN. The summed E-state index contributed by atoms with van der Waals surface area (Å²) in [5, 5.41) is 2.80. The topological polar surface area (TPSA) is 73.6 Å². The Morgan fingerprint density at radius 3 is 2.90 bits per heavy atom. The van der Waals surface area contributed by atoms with E-state index >= 15 is 0 Å². The van der Waals surface area contributed by atoms with Crippen molar-refractivity contribution < 1.29 is 14.3 Å². The highest BCUT2D eigenvalue weighted by Crippen LogP contribution is 2.29. The van der Waals surface area contributed by atoms with E-state index < -0.39 is 6.10 Å².